The van der Waals surface area contributed by atoms with Crippen molar-refractivity contribution in [1.82, 2.24) is 9.97 Å². The van der Waals surface area contributed by atoms with Gasteiger partial charge in [-0.1, -0.05) is 87.6 Å². The number of hydrogen-bond donors (Lipinski definition) is 0. The molecule has 0 aliphatic rings. The first-order chi connectivity index (χ1) is 22.5. The van der Waals surface area contributed by atoms with Gasteiger partial charge in [0.2, 0.25) is 0 Å². The zero-order chi connectivity index (χ0) is 32.5. The molecule has 0 saturated carbocycles. The average molecular weight is 733 g/mol. The van der Waals surface area contributed by atoms with Crippen molar-refractivity contribution in [3.8, 4) is 22.5 Å². The van der Waals surface area contributed by atoms with Gasteiger partial charge < -0.3 is 0 Å². The van der Waals surface area contributed by atoms with Crippen LogP contribution in [0.4, 0.5) is 0 Å². The van der Waals surface area contributed by atoms with E-state index in [-0.39, 0.29) is 0 Å². The van der Waals surface area contributed by atoms with Crippen molar-refractivity contribution in [2.75, 3.05) is 0 Å². The summed E-state index contributed by atoms with van der Waals surface area (Å²) in [6, 6.07) is 42.8. The van der Waals surface area contributed by atoms with Gasteiger partial charge >= 0.3 is 37.9 Å². The van der Waals surface area contributed by atoms with E-state index < -0.39 is 20.8 Å². The van der Waals surface area contributed by atoms with E-state index in [1.807, 2.05) is 12.4 Å². The second-order valence-corrected chi connectivity index (χ2v) is 15.7. The van der Waals surface area contributed by atoms with Crippen molar-refractivity contribution in [2.24, 2.45) is 0 Å². The monoisotopic (exact) mass is 730 g/mol. The molecule has 0 bridgehead atoms. The fourth-order valence-corrected chi connectivity index (χ4v) is 5.85. The molecule has 0 N–H and O–H groups in total. The molecular formula is C40H34Cl2N2SiZr. The van der Waals surface area contributed by atoms with Crippen LogP contribution in [0.25, 0.3) is 65.6 Å². The molecule has 0 spiro atoms. The van der Waals surface area contributed by atoms with Crippen LogP contribution in [0.3, 0.4) is 0 Å². The van der Waals surface area contributed by atoms with Crippen molar-refractivity contribution >= 4 is 69.6 Å². The Morgan fingerprint density at radius 3 is 1.35 bits per heavy atom. The topological polar surface area (TPSA) is 25.8 Å². The van der Waals surface area contributed by atoms with Gasteiger partial charge in [0.05, 0.1) is 11.4 Å². The van der Waals surface area contributed by atoms with E-state index >= 15 is 0 Å². The molecule has 8 aromatic rings. The van der Waals surface area contributed by atoms with Crippen LogP contribution in [0, 0.1) is 13.8 Å². The Bertz CT molecular complexity index is 2030. The number of halogens is 2. The molecule has 6 aromatic carbocycles. The number of hydrogen-bond acceptors (Lipinski definition) is 2. The van der Waals surface area contributed by atoms with Gasteiger partial charge in [-0.25, -0.2) is 0 Å². The first kappa shape index (κ1) is 33.9. The number of fused-ring (bicyclic) bond motifs is 4. The van der Waals surface area contributed by atoms with E-state index in [1.165, 1.54) is 65.3 Å². The Morgan fingerprint density at radius 2 is 0.935 bits per heavy atom. The van der Waals surface area contributed by atoms with Gasteiger partial charge in [-0.2, -0.15) is 12.1 Å². The molecule has 0 amide bonds. The van der Waals surface area contributed by atoms with Crippen molar-refractivity contribution in [1.29, 1.82) is 0 Å². The molecule has 226 valence electrons. The predicted molar refractivity (Wildman–Crippen MR) is 199 cm³/mol. The molecule has 0 saturated heterocycles. The van der Waals surface area contributed by atoms with Crippen molar-refractivity contribution < 1.29 is 20.8 Å². The summed E-state index contributed by atoms with van der Waals surface area (Å²) in [5.41, 5.74) is 7.17. The Kier molecular flexibility index (Phi) is 12.1. The molecule has 0 aliphatic heterocycles. The van der Waals surface area contributed by atoms with Crippen molar-refractivity contribution in [3.63, 3.8) is 0 Å². The van der Waals surface area contributed by atoms with Crippen molar-refractivity contribution in [3.05, 3.63) is 145 Å². The number of nitrogens with zero attached hydrogens (tertiary/aromatic N) is 2. The molecule has 2 radical (unpaired) electrons. The van der Waals surface area contributed by atoms with Crippen LogP contribution in [0.2, 0.25) is 13.1 Å². The normalized spacial score (nSPS) is 10.4. The molecule has 2 nitrogen and oxygen atoms in total. The van der Waals surface area contributed by atoms with Gasteiger partial charge in [-0.05, 0) is 34.0 Å². The molecule has 6 heteroatoms. The van der Waals surface area contributed by atoms with Gasteiger partial charge in [-0.15, -0.1) is 69.1 Å². The van der Waals surface area contributed by atoms with Crippen LogP contribution in [-0.2, 0) is 20.8 Å². The first-order valence-corrected chi connectivity index (χ1v) is 23.4. The van der Waals surface area contributed by atoms with E-state index in [0.717, 1.165) is 20.9 Å². The number of aromatic nitrogens is 2. The van der Waals surface area contributed by atoms with Crippen LogP contribution < -0.4 is 0 Å². The van der Waals surface area contributed by atoms with Gasteiger partial charge in [-0.3, -0.25) is 9.97 Å². The van der Waals surface area contributed by atoms with E-state index in [4.69, 9.17) is 17.0 Å². The summed E-state index contributed by atoms with van der Waals surface area (Å²) < 4.78 is 0. The molecule has 8 rings (SSSR count). The molecular weight excluding hydrogens is 699 g/mol. The SMILES string of the molecule is C[Si]C.Cc1cc2c(-c3nccc4ccccc34)cccc2[cH-]1.Cc1cc2c(-c3nccc4ccccc34)cccc2[cH-]1.[Cl][Zr+2][Cl]. The third-order valence-corrected chi connectivity index (χ3v) is 7.65. The predicted octanol–water partition coefficient (Wildman–Crippen LogP) is 12.3. The maximum atomic E-state index is 4.93. The van der Waals surface area contributed by atoms with Crippen LogP contribution in [-0.4, -0.2) is 19.5 Å². The summed E-state index contributed by atoms with van der Waals surface area (Å²) in [6.07, 6.45) is 3.79. The average Bonchev–Trinajstić information content (AvgIpc) is 3.66. The third kappa shape index (κ3) is 7.76. The fourth-order valence-electron chi connectivity index (χ4n) is 5.85. The molecule has 0 unspecified atom stereocenters. The van der Waals surface area contributed by atoms with E-state index in [9.17, 15) is 0 Å². The number of rotatable bonds is 2. The Labute approximate surface area is 292 Å². The zero-order valence-electron chi connectivity index (χ0n) is 26.4. The Hall–Kier alpha value is -3.40. The molecule has 2 heterocycles. The number of benzene rings is 4. The summed E-state index contributed by atoms with van der Waals surface area (Å²) in [5.74, 6) is 0. The van der Waals surface area contributed by atoms with Gasteiger partial charge in [0, 0.05) is 32.7 Å². The molecule has 46 heavy (non-hydrogen) atoms. The summed E-state index contributed by atoms with van der Waals surface area (Å²) in [7, 11) is 11.0. The summed E-state index contributed by atoms with van der Waals surface area (Å²) in [6.45, 7) is 8.58. The van der Waals surface area contributed by atoms with Crippen LogP contribution in [0.15, 0.2) is 134 Å². The number of pyridine rings is 2. The number of aryl methyl sites for hydroxylation is 2. The van der Waals surface area contributed by atoms with Crippen LogP contribution in [0.5, 0.6) is 0 Å². The standard InChI is InChI=1S/2C19H14N.C2H6Si.2ClH.Zr/c2*1-13-11-15-6-4-8-17(18(15)12-13)19-16-7-3-2-5-14(16)9-10-20-19;1-3-2;;;/h2*2-12H,1H3;1-2H3;2*1H;/q2*-1;;;;+4/p-2. The van der Waals surface area contributed by atoms with E-state index in [2.05, 4.69) is 158 Å². The minimum atomic E-state index is -0.826. The molecule has 2 aromatic heterocycles. The van der Waals surface area contributed by atoms with Crippen LogP contribution >= 0.6 is 17.0 Å². The molecule has 0 fully saturated rings. The van der Waals surface area contributed by atoms with Gasteiger partial charge in [0.15, 0.2) is 0 Å². The van der Waals surface area contributed by atoms with Gasteiger partial charge in [0.1, 0.15) is 0 Å². The third-order valence-electron chi connectivity index (χ3n) is 7.65. The summed E-state index contributed by atoms with van der Waals surface area (Å²) in [4.78, 5) is 9.27. The zero-order valence-corrected chi connectivity index (χ0v) is 31.3. The Balaban J connectivity index is 0.000000155. The van der Waals surface area contributed by atoms with Gasteiger partial charge in [0.25, 0.3) is 0 Å². The van der Waals surface area contributed by atoms with E-state index in [0.29, 0.717) is 0 Å². The quantitative estimate of drug-likeness (QED) is 0.131. The fraction of sp³-hybridized carbons (Fsp3) is 0.100. The second kappa shape index (κ2) is 16.4. The Morgan fingerprint density at radius 1 is 0.543 bits per heavy atom. The first-order valence-electron chi connectivity index (χ1n) is 15.0. The minimum absolute atomic E-state index is 0.826. The maximum absolute atomic E-state index is 4.93. The summed E-state index contributed by atoms with van der Waals surface area (Å²) in [5, 5.41) is 10.0. The second-order valence-electron chi connectivity index (χ2n) is 11.0. The van der Waals surface area contributed by atoms with Crippen molar-refractivity contribution in [2.45, 2.75) is 26.9 Å². The van der Waals surface area contributed by atoms with E-state index in [1.54, 1.807) is 0 Å². The molecule has 0 atom stereocenters. The molecule has 0 aliphatic carbocycles. The van der Waals surface area contributed by atoms with Crippen LogP contribution in [0.1, 0.15) is 11.1 Å². The summed E-state index contributed by atoms with van der Waals surface area (Å²) >= 11 is -0.826.